The van der Waals surface area contributed by atoms with Crippen molar-refractivity contribution in [1.82, 2.24) is 15.0 Å². The highest BCUT2D eigenvalue weighted by Crippen LogP contribution is 2.13. The normalized spacial score (nSPS) is 10.5. The third kappa shape index (κ3) is 3.34. The van der Waals surface area contributed by atoms with Gasteiger partial charge in [0.25, 0.3) is 0 Å². The van der Waals surface area contributed by atoms with E-state index in [2.05, 4.69) is 20.3 Å². The number of nitrogens with zero attached hydrogens (tertiary/aromatic N) is 3. The van der Waals surface area contributed by atoms with Crippen LogP contribution in [0.5, 0.6) is 0 Å². The molecule has 2 aromatic heterocycles. The van der Waals surface area contributed by atoms with E-state index in [9.17, 15) is 4.39 Å². The molecule has 0 atom stereocenters. The molecule has 2 aromatic rings. The Kier molecular flexibility index (Phi) is 3.86. The van der Waals surface area contributed by atoms with E-state index in [4.69, 9.17) is 11.6 Å². The van der Waals surface area contributed by atoms with Crippen LogP contribution in [0.15, 0.2) is 11.6 Å². The molecule has 0 amide bonds. The average Bonchev–Trinajstić information content (AvgIpc) is 2.69. The SMILES string of the molecule is Cc1csc(CCNc2nc(Cl)ncc2F)n1. The molecular weight excluding hydrogens is 263 g/mol. The Bertz CT molecular complexity index is 517. The van der Waals surface area contributed by atoms with E-state index in [1.165, 1.54) is 0 Å². The highest BCUT2D eigenvalue weighted by Gasteiger charge is 2.05. The lowest BCUT2D eigenvalue weighted by Gasteiger charge is -2.04. The van der Waals surface area contributed by atoms with Gasteiger partial charge in [0.05, 0.1) is 11.2 Å². The molecule has 0 fully saturated rings. The average molecular weight is 273 g/mol. The van der Waals surface area contributed by atoms with Crippen LogP contribution in [0.3, 0.4) is 0 Å². The van der Waals surface area contributed by atoms with E-state index < -0.39 is 5.82 Å². The fourth-order valence-corrected chi connectivity index (χ4v) is 2.18. The minimum atomic E-state index is -0.510. The lowest BCUT2D eigenvalue weighted by atomic mass is 10.4. The molecular formula is C10H10ClFN4S. The van der Waals surface area contributed by atoms with Crippen molar-refractivity contribution in [3.63, 3.8) is 0 Å². The molecule has 0 spiro atoms. The second-order valence-corrected chi connectivity index (χ2v) is 4.68. The molecule has 7 heteroatoms. The van der Waals surface area contributed by atoms with Crippen LogP contribution in [0.1, 0.15) is 10.7 Å². The van der Waals surface area contributed by atoms with E-state index in [-0.39, 0.29) is 11.1 Å². The van der Waals surface area contributed by atoms with Crippen molar-refractivity contribution in [2.24, 2.45) is 0 Å². The summed E-state index contributed by atoms with van der Waals surface area (Å²) in [6, 6.07) is 0. The third-order valence-electron chi connectivity index (χ3n) is 2.01. The summed E-state index contributed by atoms with van der Waals surface area (Å²) in [5.41, 5.74) is 1.00. The van der Waals surface area contributed by atoms with Gasteiger partial charge in [-0.05, 0) is 18.5 Å². The van der Waals surface area contributed by atoms with Gasteiger partial charge in [-0.2, -0.15) is 4.98 Å². The van der Waals surface area contributed by atoms with Crippen LogP contribution in [0, 0.1) is 12.7 Å². The highest BCUT2D eigenvalue weighted by atomic mass is 35.5. The summed E-state index contributed by atoms with van der Waals surface area (Å²) in [4.78, 5) is 11.6. The number of hydrogen-bond acceptors (Lipinski definition) is 5. The van der Waals surface area contributed by atoms with Gasteiger partial charge in [-0.15, -0.1) is 11.3 Å². The standard InChI is InChI=1S/C10H10ClFN4S/c1-6-5-17-8(15-6)2-3-13-9-7(12)4-14-10(11)16-9/h4-5H,2-3H2,1H3,(H,13,14,16). The Morgan fingerprint density at radius 2 is 2.29 bits per heavy atom. The number of hydrogen-bond donors (Lipinski definition) is 1. The van der Waals surface area contributed by atoms with Crippen LogP contribution < -0.4 is 5.32 Å². The second-order valence-electron chi connectivity index (χ2n) is 3.39. The summed E-state index contributed by atoms with van der Waals surface area (Å²) >= 11 is 7.17. The van der Waals surface area contributed by atoms with Crippen molar-refractivity contribution in [1.29, 1.82) is 0 Å². The number of anilines is 1. The first-order valence-electron chi connectivity index (χ1n) is 4.98. The fourth-order valence-electron chi connectivity index (χ4n) is 1.27. The zero-order valence-electron chi connectivity index (χ0n) is 9.07. The Morgan fingerprint density at radius 3 is 3.00 bits per heavy atom. The Balaban J connectivity index is 1.91. The molecule has 2 heterocycles. The maximum Gasteiger partial charge on any atom is 0.224 e. The van der Waals surface area contributed by atoms with E-state index >= 15 is 0 Å². The van der Waals surface area contributed by atoms with Crippen LogP contribution in [-0.4, -0.2) is 21.5 Å². The summed E-state index contributed by atoms with van der Waals surface area (Å²) in [6.45, 7) is 2.49. The van der Waals surface area contributed by atoms with Gasteiger partial charge < -0.3 is 5.32 Å². The van der Waals surface area contributed by atoms with Crippen molar-refractivity contribution in [2.45, 2.75) is 13.3 Å². The van der Waals surface area contributed by atoms with Gasteiger partial charge in [-0.25, -0.2) is 14.4 Å². The van der Waals surface area contributed by atoms with Crippen molar-refractivity contribution in [3.8, 4) is 0 Å². The summed E-state index contributed by atoms with van der Waals surface area (Å²) in [6.07, 6.45) is 1.77. The molecule has 17 heavy (non-hydrogen) atoms. The summed E-state index contributed by atoms with van der Waals surface area (Å²) in [5, 5.41) is 5.89. The summed E-state index contributed by atoms with van der Waals surface area (Å²) in [5.74, 6) is -0.386. The zero-order valence-corrected chi connectivity index (χ0v) is 10.6. The summed E-state index contributed by atoms with van der Waals surface area (Å²) in [7, 11) is 0. The number of rotatable bonds is 4. The van der Waals surface area contributed by atoms with Crippen LogP contribution in [-0.2, 0) is 6.42 Å². The first-order chi connectivity index (χ1) is 8.15. The molecule has 0 unspecified atom stereocenters. The number of aryl methyl sites for hydroxylation is 1. The van der Waals surface area contributed by atoms with Gasteiger partial charge in [-0.3, -0.25) is 0 Å². The number of halogens is 2. The second kappa shape index (κ2) is 5.37. The first-order valence-corrected chi connectivity index (χ1v) is 6.24. The number of nitrogens with one attached hydrogen (secondary N) is 1. The van der Waals surface area contributed by atoms with Crippen LogP contribution >= 0.6 is 22.9 Å². The largest absolute Gasteiger partial charge is 0.367 e. The molecule has 0 aromatic carbocycles. The van der Waals surface area contributed by atoms with Gasteiger partial charge in [0.15, 0.2) is 11.6 Å². The third-order valence-corrected chi connectivity index (χ3v) is 3.22. The van der Waals surface area contributed by atoms with Crippen molar-refractivity contribution in [2.75, 3.05) is 11.9 Å². The molecule has 0 aliphatic carbocycles. The highest BCUT2D eigenvalue weighted by molar-refractivity contribution is 7.09. The maximum absolute atomic E-state index is 13.2. The predicted octanol–water partition coefficient (Wildman–Crippen LogP) is 2.69. The molecule has 0 bridgehead atoms. The number of aromatic nitrogens is 3. The molecule has 0 aliphatic heterocycles. The smallest absolute Gasteiger partial charge is 0.224 e. The molecule has 90 valence electrons. The van der Waals surface area contributed by atoms with E-state index in [1.807, 2.05) is 12.3 Å². The predicted molar refractivity (Wildman–Crippen MR) is 66.0 cm³/mol. The Labute approximate surface area is 107 Å². The molecule has 1 N–H and O–H groups in total. The Hall–Kier alpha value is -1.27. The van der Waals surface area contributed by atoms with Gasteiger partial charge in [-0.1, -0.05) is 0 Å². The van der Waals surface area contributed by atoms with E-state index in [1.54, 1.807) is 11.3 Å². The molecule has 0 aliphatic rings. The lowest BCUT2D eigenvalue weighted by molar-refractivity contribution is 0.616. The van der Waals surface area contributed by atoms with E-state index in [0.29, 0.717) is 6.54 Å². The lowest BCUT2D eigenvalue weighted by Crippen LogP contribution is -2.08. The fraction of sp³-hybridized carbons (Fsp3) is 0.300. The minimum Gasteiger partial charge on any atom is -0.367 e. The van der Waals surface area contributed by atoms with Gasteiger partial charge in [0, 0.05) is 24.0 Å². The molecule has 0 radical (unpaired) electrons. The zero-order chi connectivity index (χ0) is 12.3. The maximum atomic E-state index is 13.2. The monoisotopic (exact) mass is 272 g/mol. The summed E-state index contributed by atoms with van der Waals surface area (Å²) < 4.78 is 13.2. The minimum absolute atomic E-state index is 0.0268. The van der Waals surface area contributed by atoms with Crippen LogP contribution in [0.2, 0.25) is 5.28 Å². The molecule has 4 nitrogen and oxygen atoms in total. The van der Waals surface area contributed by atoms with Crippen LogP contribution in [0.4, 0.5) is 10.2 Å². The van der Waals surface area contributed by atoms with Gasteiger partial charge in [0.2, 0.25) is 5.28 Å². The quantitative estimate of drug-likeness (QED) is 0.870. The van der Waals surface area contributed by atoms with Crippen molar-refractivity contribution < 1.29 is 4.39 Å². The number of thiazole rings is 1. The molecule has 2 rings (SSSR count). The molecule has 0 saturated heterocycles. The topological polar surface area (TPSA) is 50.7 Å². The van der Waals surface area contributed by atoms with Crippen LogP contribution in [0.25, 0.3) is 0 Å². The van der Waals surface area contributed by atoms with Crippen molar-refractivity contribution >= 4 is 28.8 Å². The van der Waals surface area contributed by atoms with Gasteiger partial charge >= 0.3 is 0 Å². The van der Waals surface area contributed by atoms with E-state index in [0.717, 1.165) is 23.3 Å². The molecule has 0 saturated carbocycles. The van der Waals surface area contributed by atoms with Gasteiger partial charge in [0.1, 0.15) is 0 Å². The first kappa shape index (κ1) is 12.2. The van der Waals surface area contributed by atoms with Crippen molar-refractivity contribution in [3.05, 3.63) is 33.4 Å². The Morgan fingerprint density at radius 1 is 1.47 bits per heavy atom.